The number of aryl methyl sites for hydroxylation is 3. The summed E-state index contributed by atoms with van der Waals surface area (Å²) in [6.07, 6.45) is 2.80. The minimum atomic E-state index is -0.645. The second-order valence-electron chi connectivity index (χ2n) is 6.17. The second-order valence-corrected chi connectivity index (χ2v) is 6.17. The number of nitrogens with one attached hydrogen (secondary N) is 1. The molecule has 2 aromatic rings. The molecule has 1 N–H and O–H groups in total. The summed E-state index contributed by atoms with van der Waals surface area (Å²) in [5, 5.41) is 7.30. The zero-order chi connectivity index (χ0) is 16.6. The maximum Gasteiger partial charge on any atom is 0.267 e. The molecule has 23 heavy (non-hydrogen) atoms. The van der Waals surface area contributed by atoms with Crippen LogP contribution in [0, 0.1) is 13.8 Å². The number of anilines is 1. The molecule has 5 nitrogen and oxygen atoms in total. The number of rotatable bonds is 3. The Morgan fingerprint density at radius 2 is 2.09 bits per heavy atom. The molecule has 1 heterocycles. The first kappa shape index (κ1) is 15.5. The van der Waals surface area contributed by atoms with Crippen molar-refractivity contribution in [2.45, 2.75) is 46.1 Å². The van der Waals surface area contributed by atoms with Crippen LogP contribution in [-0.4, -0.2) is 15.7 Å². The Hall–Kier alpha value is -2.43. The van der Waals surface area contributed by atoms with Crippen LogP contribution in [-0.2, 0) is 17.6 Å². The van der Waals surface area contributed by atoms with Gasteiger partial charge in [0.1, 0.15) is 6.04 Å². The Morgan fingerprint density at radius 3 is 2.87 bits per heavy atom. The molecule has 1 unspecified atom stereocenters. The van der Waals surface area contributed by atoms with Crippen LogP contribution in [0.5, 0.6) is 0 Å². The molecular formula is C18H21N3O2. The van der Waals surface area contributed by atoms with Crippen LogP contribution in [0.15, 0.2) is 29.1 Å². The first-order valence-corrected chi connectivity index (χ1v) is 7.96. The van der Waals surface area contributed by atoms with E-state index in [4.69, 9.17) is 0 Å². The quantitative estimate of drug-likeness (QED) is 0.947. The van der Waals surface area contributed by atoms with Crippen molar-refractivity contribution in [3.05, 3.63) is 57.0 Å². The first-order valence-electron chi connectivity index (χ1n) is 7.96. The zero-order valence-corrected chi connectivity index (χ0v) is 13.7. The highest BCUT2D eigenvalue weighted by Crippen LogP contribution is 2.20. The number of benzene rings is 1. The van der Waals surface area contributed by atoms with E-state index >= 15 is 0 Å². The third-order valence-electron chi connectivity index (χ3n) is 4.59. The molecular weight excluding hydrogens is 290 g/mol. The molecule has 1 aromatic heterocycles. The zero-order valence-electron chi connectivity index (χ0n) is 13.7. The van der Waals surface area contributed by atoms with Crippen LogP contribution in [0.2, 0.25) is 0 Å². The number of aromatic nitrogens is 2. The van der Waals surface area contributed by atoms with Gasteiger partial charge in [-0.15, -0.1) is 0 Å². The van der Waals surface area contributed by atoms with Gasteiger partial charge in [-0.05, 0) is 62.8 Å². The predicted octanol–water partition coefficient (Wildman–Crippen LogP) is 2.55. The van der Waals surface area contributed by atoms with Gasteiger partial charge >= 0.3 is 0 Å². The van der Waals surface area contributed by atoms with E-state index in [1.807, 2.05) is 32.0 Å². The van der Waals surface area contributed by atoms with Crippen molar-refractivity contribution in [1.82, 2.24) is 9.78 Å². The summed E-state index contributed by atoms with van der Waals surface area (Å²) in [7, 11) is 0. The second kappa shape index (κ2) is 5.99. The highest BCUT2D eigenvalue weighted by atomic mass is 16.2. The van der Waals surface area contributed by atoms with Crippen LogP contribution in [0.3, 0.4) is 0 Å². The molecule has 0 radical (unpaired) electrons. The summed E-state index contributed by atoms with van der Waals surface area (Å²) in [5.74, 6) is -0.230. The Labute approximate surface area is 135 Å². The standard InChI is InChI=1S/C18H21N3O2/c1-11-6-4-8-15(12(11)2)19-18(23)13(3)21-17(22)10-14-7-5-9-16(14)20-21/h4,6,8,10,13H,5,7,9H2,1-3H3,(H,19,23). The van der Waals surface area contributed by atoms with E-state index in [0.29, 0.717) is 0 Å². The number of carbonyl (C=O) groups is 1. The van der Waals surface area contributed by atoms with E-state index in [1.165, 1.54) is 4.68 Å². The SMILES string of the molecule is Cc1cccc(NC(=O)C(C)n2nc3c(cc2=O)CCC3)c1C. The van der Waals surface area contributed by atoms with Gasteiger partial charge < -0.3 is 5.32 Å². The van der Waals surface area contributed by atoms with Crippen molar-refractivity contribution >= 4 is 11.6 Å². The van der Waals surface area contributed by atoms with Crippen LogP contribution in [0.4, 0.5) is 5.69 Å². The monoisotopic (exact) mass is 311 g/mol. The molecule has 1 aromatic carbocycles. The fourth-order valence-corrected chi connectivity index (χ4v) is 2.93. The smallest absolute Gasteiger partial charge is 0.267 e. The number of nitrogens with zero attached hydrogens (tertiary/aromatic N) is 2. The fourth-order valence-electron chi connectivity index (χ4n) is 2.93. The van der Waals surface area contributed by atoms with Gasteiger partial charge in [0.05, 0.1) is 5.69 Å². The molecule has 1 atom stereocenters. The summed E-state index contributed by atoms with van der Waals surface area (Å²) in [6, 6.07) is 6.75. The number of amides is 1. The minimum absolute atomic E-state index is 0.214. The molecule has 5 heteroatoms. The number of hydrogen-bond acceptors (Lipinski definition) is 3. The van der Waals surface area contributed by atoms with E-state index in [2.05, 4.69) is 10.4 Å². The summed E-state index contributed by atoms with van der Waals surface area (Å²) in [4.78, 5) is 24.7. The molecule has 0 fully saturated rings. The van der Waals surface area contributed by atoms with Crippen molar-refractivity contribution in [1.29, 1.82) is 0 Å². The summed E-state index contributed by atoms with van der Waals surface area (Å²) < 4.78 is 1.30. The van der Waals surface area contributed by atoms with E-state index in [9.17, 15) is 9.59 Å². The van der Waals surface area contributed by atoms with Gasteiger partial charge in [-0.3, -0.25) is 9.59 Å². The minimum Gasteiger partial charge on any atom is -0.324 e. The molecule has 120 valence electrons. The summed E-state index contributed by atoms with van der Waals surface area (Å²) in [5.41, 5.74) is 4.67. The molecule has 0 saturated heterocycles. The Bertz CT molecular complexity index is 824. The Balaban J connectivity index is 1.86. The normalized spacial score (nSPS) is 14.4. The predicted molar refractivity (Wildman–Crippen MR) is 89.8 cm³/mol. The Morgan fingerprint density at radius 1 is 1.30 bits per heavy atom. The van der Waals surface area contributed by atoms with Crippen molar-refractivity contribution < 1.29 is 4.79 Å². The lowest BCUT2D eigenvalue weighted by molar-refractivity contribution is -0.119. The molecule has 1 aliphatic rings. The van der Waals surface area contributed by atoms with E-state index in [0.717, 1.165) is 47.3 Å². The van der Waals surface area contributed by atoms with E-state index in [-0.39, 0.29) is 11.5 Å². The summed E-state index contributed by atoms with van der Waals surface area (Å²) >= 11 is 0. The van der Waals surface area contributed by atoms with Gasteiger partial charge in [0, 0.05) is 11.8 Å². The maximum atomic E-state index is 12.5. The lowest BCUT2D eigenvalue weighted by Crippen LogP contribution is -2.34. The molecule has 1 amide bonds. The highest BCUT2D eigenvalue weighted by molar-refractivity contribution is 5.94. The van der Waals surface area contributed by atoms with Crippen molar-refractivity contribution in [2.24, 2.45) is 0 Å². The Kier molecular flexibility index (Phi) is 4.03. The largest absolute Gasteiger partial charge is 0.324 e. The molecule has 0 bridgehead atoms. The van der Waals surface area contributed by atoms with Crippen LogP contribution < -0.4 is 10.9 Å². The lowest BCUT2D eigenvalue weighted by atomic mass is 10.1. The lowest BCUT2D eigenvalue weighted by Gasteiger charge is -2.16. The van der Waals surface area contributed by atoms with Gasteiger partial charge in [-0.1, -0.05) is 12.1 Å². The summed E-state index contributed by atoms with van der Waals surface area (Å²) in [6.45, 7) is 5.67. The van der Waals surface area contributed by atoms with Crippen LogP contribution in [0.25, 0.3) is 0 Å². The number of fused-ring (bicyclic) bond motifs is 1. The van der Waals surface area contributed by atoms with E-state index in [1.54, 1.807) is 13.0 Å². The average Bonchev–Trinajstić information content (AvgIpc) is 2.97. The highest BCUT2D eigenvalue weighted by Gasteiger charge is 2.21. The van der Waals surface area contributed by atoms with Crippen molar-refractivity contribution in [3.8, 4) is 0 Å². The third-order valence-corrected chi connectivity index (χ3v) is 4.59. The number of hydrogen-bond donors (Lipinski definition) is 1. The van der Waals surface area contributed by atoms with Gasteiger partial charge in [0.15, 0.2) is 0 Å². The maximum absolute atomic E-state index is 12.5. The number of carbonyl (C=O) groups excluding carboxylic acids is 1. The third kappa shape index (κ3) is 2.91. The topological polar surface area (TPSA) is 64.0 Å². The fraction of sp³-hybridized carbons (Fsp3) is 0.389. The molecule has 0 saturated carbocycles. The molecule has 0 aliphatic heterocycles. The molecule has 0 spiro atoms. The first-order chi connectivity index (χ1) is 11.0. The van der Waals surface area contributed by atoms with Crippen LogP contribution in [0.1, 0.15) is 41.8 Å². The van der Waals surface area contributed by atoms with Crippen molar-refractivity contribution in [3.63, 3.8) is 0 Å². The van der Waals surface area contributed by atoms with E-state index < -0.39 is 6.04 Å². The molecule has 1 aliphatic carbocycles. The molecule has 3 rings (SSSR count). The van der Waals surface area contributed by atoms with Gasteiger partial charge in [-0.25, -0.2) is 4.68 Å². The van der Waals surface area contributed by atoms with Gasteiger partial charge in [0.25, 0.3) is 5.56 Å². The average molecular weight is 311 g/mol. The van der Waals surface area contributed by atoms with Gasteiger partial charge in [-0.2, -0.15) is 5.10 Å². The van der Waals surface area contributed by atoms with Crippen LogP contribution >= 0.6 is 0 Å². The van der Waals surface area contributed by atoms with Crippen molar-refractivity contribution in [2.75, 3.05) is 5.32 Å². The van der Waals surface area contributed by atoms with Gasteiger partial charge in [0.2, 0.25) is 5.91 Å².